The molecule has 0 unspecified atom stereocenters. The van der Waals surface area contributed by atoms with Gasteiger partial charge in [0.25, 0.3) is 0 Å². The van der Waals surface area contributed by atoms with Crippen molar-refractivity contribution in [3.63, 3.8) is 0 Å². The molecule has 0 amide bonds. The summed E-state index contributed by atoms with van der Waals surface area (Å²) in [5.41, 5.74) is 0.512. The van der Waals surface area contributed by atoms with Crippen LogP contribution in [0, 0.1) is 0 Å². The first kappa shape index (κ1) is 13.6. The third kappa shape index (κ3) is 2.82. The highest BCUT2D eigenvalue weighted by Gasteiger charge is 2.20. The summed E-state index contributed by atoms with van der Waals surface area (Å²) < 4.78 is 16.0. The van der Waals surface area contributed by atoms with E-state index in [-0.39, 0.29) is 6.42 Å². The van der Waals surface area contributed by atoms with Crippen LogP contribution in [0.5, 0.6) is 17.2 Å². The maximum atomic E-state index is 10.8. The largest absolute Gasteiger partial charge is 0.496 e. The first-order valence-electron chi connectivity index (χ1n) is 4.74. The van der Waals surface area contributed by atoms with Gasteiger partial charge in [-0.15, -0.1) is 0 Å². The van der Waals surface area contributed by atoms with Crippen LogP contribution in [-0.2, 0) is 11.2 Å². The highest BCUT2D eigenvalue weighted by molar-refractivity contribution is 9.10. The Morgan fingerprint density at radius 2 is 1.82 bits per heavy atom. The molecule has 1 rings (SSSR count). The summed E-state index contributed by atoms with van der Waals surface area (Å²) in [5, 5.41) is 8.85. The number of hydrogen-bond acceptors (Lipinski definition) is 4. The zero-order chi connectivity index (χ0) is 13.0. The molecule has 0 aliphatic carbocycles. The van der Waals surface area contributed by atoms with Gasteiger partial charge in [-0.3, -0.25) is 4.79 Å². The molecule has 94 valence electrons. The average molecular weight is 305 g/mol. The van der Waals surface area contributed by atoms with Gasteiger partial charge < -0.3 is 19.3 Å². The quantitative estimate of drug-likeness (QED) is 0.902. The smallest absolute Gasteiger partial charge is 0.308 e. The van der Waals surface area contributed by atoms with Gasteiger partial charge in [-0.25, -0.2) is 0 Å². The summed E-state index contributed by atoms with van der Waals surface area (Å²) in [6, 6.07) is 1.60. The zero-order valence-electron chi connectivity index (χ0n) is 9.74. The molecule has 1 aromatic carbocycles. The Morgan fingerprint density at radius 3 is 2.24 bits per heavy atom. The van der Waals surface area contributed by atoms with E-state index >= 15 is 0 Å². The van der Waals surface area contributed by atoms with Crippen molar-refractivity contribution in [3.05, 3.63) is 16.1 Å². The van der Waals surface area contributed by atoms with Crippen LogP contribution in [0.25, 0.3) is 0 Å². The second kappa shape index (κ2) is 5.77. The number of methoxy groups -OCH3 is 3. The van der Waals surface area contributed by atoms with Crippen LogP contribution >= 0.6 is 15.9 Å². The Balaban J connectivity index is 3.40. The molecular formula is C11H13BrO5. The van der Waals surface area contributed by atoms with Crippen molar-refractivity contribution < 1.29 is 24.1 Å². The van der Waals surface area contributed by atoms with Crippen molar-refractivity contribution in [2.45, 2.75) is 6.42 Å². The minimum Gasteiger partial charge on any atom is -0.496 e. The molecule has 0 radical (unpaired) electrons. The maximum Gasteiger partial charge on any atom is 0.308 e. The van der Waals surface area contributed by atoms with Gasteiger partial charge in [-0.05, 0) is 15.9 Å². The average Bonchev–Trinajstić information content (AvgIpc) is 2.30. The van der Waals surface area contributed by atoms with E-state index in [9.17, 15) is 4.79 Å². The maximum absolute atomic E-state index is 10.8. The van der Waals surface area contributed by atoms with Gasteiger partial charge in [-0.1, -0.05) is 0 Å². The Labute approximate surface area is 107 Å². The number of halogens is 1. The summed E-state index contributed by atoms with van der Waals surface area (Å²) in [5.74, 6) is 0.419. The lowest BCUT2D eigenvalue weighted by Gasteiger charge is -2.15. The monoisotopic (exact) mass is 304 g/mol. The van der Waals surface area contributed by atoms with Gasteiger partial charge in [0.05, 0.1) is 32.2 Å². The summed E-state index contributed by atoms with van der Waals surface area (Å²) in [7, 11) is 4.46. The van der Waals surface area contributed by atoms with Gasteiger partial charge in [0, 0.05) is 11.6 Å². The van der Waals surface area contributed by atoms with Gasteiger partial charge in [0.2, 0.25) is 0 Å². The molecule has 0 spiro atoms. The molecule has 0 aliphatic heterocycles. The number of benzene rings is 1. The molecule has 0 heterocycles. The fourth-order valence-corrected chi connectivity index (χ4v) is 2.16. The van der Waals surface area contributed by atoms with Gasteiger partial charge >= 0.3 is 5.97 Å². The van der Waals surface area contributed by atoms with Crippen LogP contribution in [0.15, 0.2) is 10.5 Å². The molecule has 6 heteroatoms. The molecule has 0 bridgehead atoms. The summed E-state index contributed by atoms with van der Waals surface area (Å²) in [6.45, 7) is 0. The van der Waals surface area contributed by atoms with Crippen molar-refractivity contribution in [1.29, 1.82) is 0 Å². The minimum absolute atomic E-state index is 0.163. The zero-order valence-corrected chi connectivity index (χ0v) is 11.3. The SMILES string of the molecule is COc1cc(OC)c(OC)c(Br)c1CC(=O)O. The Bertz CT molecular complexity index is 430. The van der Waals surface area contributed by atoms with Gasteiger partial charge in [0.15, 0.2) is 11.5 Å². The molecular weight excluding hydrogens is 292 g/mol. The highest BCUT2D eigenvalue weighted by atomic mass is 79.9. The third-order valence-corrected chi connectivity index (χ3v) is 3.06. The van der Waals surface area contributed by atoms with Crippen LogP contribution in [0.3, 0.4) is 0 Å². The second-order valence-corrected chi connectivity index (χ2v) is 3.97. The predicted octanol–water partition coefficient (Wildman–Crippen LogP) is 2.10. The highest BCUT2D eigenvalue weighted by Crippen LogP contribution is 2.43. The lowest BCUT2D eigenvalue weighted by molar-refractivity contribution is -0.136. The molecule has 1 aromatic rings. The molecule has 0 saturated heterocycles. The Hall–Kier alpha value is -1.43. The normalized spacial score (nSPS) is 9.88. The topological polar surface area (TPSA) is 65.0 Å². The number of hydrogen-bond donors (Lipinski definition) is 1. The van der Waals surface area contributed by atoms with Crippen molar-refractivity contribution >= 4 is 21.9 Å². The molecule has 0 atom stereocenters. The number of aliphatic carboxylic acids is 1. The van der Waals surface area contributed by atoms with E-state index in [0.29, 0.717) is 27.3 Å². The standard InChI is InChI=1S/C11H13BrO5/c1-15-7-5-8(16-2)11(17-3)10(12)6(7)4-9(13)14/h5H,4H2,1-3H3,(H,13,14). The molecule has 5 nitrogen and oxygen atoms in total. The number of carboxylic acid groups (broad SMARTS) is 1. The van der Waals surface area contributed by atoms with E-state index in [0.717, 1.165) is 0 Å². The number of ether oxygens (including phenoxy) is 3. The molecule has 17 heavy (non-hydrogen) atoms. The van der Waals surface area contributed by atoms with Crippen molar-refractivity contribution in [1.82, 2.24) is 0 Å². The minimum atomic E-state index is -0.948. The van der Waals surface area contributed by atoms with E-state index in [1.807, 2.05) is 0 Å². The number of rotatable bonds is 5. The summed E-state index contributed by atoms with van der Waals surface area (Å²) in [6.07, 6.45) is -0.163. The molecule has 0 aromatic heterocycles. The molecule has 0 aliphatic rings. The Morgan fingerprint density at radius 1 is 1.24 bits per heavy atom. The lowest BCUT2D eigenvalue weighted by Crippen LogP contribution is -2.05. The van der Waals surface area contributed by atoms with E-state index in [1.54, 1.807) is 6.07 Å². The van der Waals surface area contributed by atoms with Crippen molar-refractivity contribution in [3.8, 4) is 17.2 Å². The van der Waals surface area contributed by atoms with E-state index < -0.39 is 5.97 Å². The predicted molar refractivity (Wildman–Crippen MR) is 65.1 cm³/mol. The number of carbonyl (C=O) groups is 1. The first-order valence-corrected chi connectivity index (χ1v) is 5.53. The van der Waals surface area contributed by atoms with E-state index in [4.69, 9.17) is 19.3 Å². The molecule has 1 N–H and O–H groups in total. The summed E-state index contributed by atoms with van der Waals surface area (Å²) in [4.78, 5) is 10.8. The Kier molecular flexibility index (Phi) is 4.62. The van der Waals surface area contributed by atoms with Crippen molar-refractivity contribution in [2.75, 3.05) is 21.3 Å². The number of carboxylic acids is 1. The fourth-order valence-electron chi connectivity index (χ4n) is 1.46. The van der Waals surface area contributed by atoms with Crippen molar-refractivity contribution in [2.24, 2.45) is 0 Å². The van der Waals surface area contributed by atoms with Crippen LogP contribution in [0.1, 0.15) is 5.56 Å². The lowest BCUT2D eigenvalue weighted by atomic mass is 10.1. The summed E-state index contributed by atoms with van der Waals surface area (Å²) >= 11 is 3.30. The third-order valence-electron chi connectivity index (χ3n) is 2.22. The van der Waals surface area contributed by atoms with Crippen LogP contribution in [0.2, 0.25) is 0 Å². The van der Waals surface area contributed by atoms with E-state index in [2.05, 4.69) is 15.9 Å². The van der Waals surface area contributed by atoms with Crippen LogP contribution < -0.4 is 14.2 Å². The van der Waals surface area contributed by atoms with Gasteiger partial charge in [0.1, 0.15) is 5.75 Å². The van der Waals surface area contributed by atoms with E-state index in [1.165, 1.54) is 21.3 Å². The molecule has 0 fully saturated rings. The van der Waals surface area contributed by atoms with Gasteiger partial charge in [-0.2, -0.15) is 0 Å². The van der Waals surface area contributed by atoms with Crippen LogP contribution in [0.4, 0.5) is 0 Å². The molecule has 0 saturated carbocycles. The first-order chi connectivity index (χ1) is 8.04. The fraction of sp³-hybridized carbons (Fsp3) is 0.364. The second-order valence-electron chi connectivity index (χ2n) is 3.18. The van der Waals surface area contributed by atoms with Crippen LogP contribution in [-0.4, -0.2) is 32.4 Å².